The van der Waals surface area contributed by atoms with Gasteiger partial charge < -0.3 is 4.98 Å². The molecule has 0 saturated heterocycles. The molecular formula is C9H23NSi. The Morgan fingerprint density at radius 2 is 1.64 bits per heavy atom. The summed E-state index contributed by atoms with van der Waals surface area (Å²) in [7, 11) is 1.16. The summed E-state index contributed by atoms with van der Waals surface area (Å²) < 4.78 is 0. The van der Waals surface area contributed by atoms with Crippen LogP contribution in [0.5, 0.6) is 0 Å². The molecule has 68 valence electrons. The standard InChI is InChI=1S/C9H23NSi/c1-5-8-9-11(6-2,7-3)10-4/h10H,5-9H2,1-4H3. The van der Waals surface area contributed by atoms with Gasteiger partial charge in [-0.25, -0.2) is 0 Å². The second kappa shape index (κ2) is 5.78. The molecule has 0 aromatic rings. The molecule has 1 nitrogen and oxygen atoms in total. The molecule has 0 aliphatic carbocycles. The highest BCUT2D eigenvalue weighted by Gasteiger charge is 2.25. The predicted octanol–water partition coefficient (Wildman–Crippen LogP) is 2.99. The van der Waals surface area contributed by atoms with Crippen LogP contribution in [0, 0.1) is 0 Å². The molecule has 0 aliphatic rings. The van der Waals surface area contributed by atoms with Gasteiger partial charge in [-0.15, -0.1) is 0 Å². The minimum absolute atomic E-state index is 0.988. The molecule has 0 heterocycles. The largest absolute Gasteiger partial charge is 0.340 e. The lowest BCUT2D eigenvalue weighted by Gasteiger charge is -2.28. The third-order valence-corrected chi connectivity index (χ3v) is 7.97. The number of hydrogen-bond acceptors (Lipinski definition) is 1. The van der Waals surface area contributed by atoms with Crippen LogP contribution < -0.4 is 4.98 Å². The van der Waals surface area contributed by atoms with Crippen LogP contribution in [0.15, 0.2) is 0 Å². The Morgan fingerprint density at radius 1 is 1.09 bits per heavy atom. The zero-order chi connectivity index (χ0) is 8.74. The van der Waals surface area contributed by atoms with E-state index in [2.05, 4.69) is 32.8 Å². The summed E-state index contributed by atoms with van der Waals surface area (Å²) in [6.45, 7) is 6.95. The van der Waals surface area contributed by atoms with E-state index in [0.717, 1.165) is 0 Å². The molecule has 0 aromatic heterocycles. The van der Waals surface area contributed by atoms with Crippen molar-refractivity contribution in [1.29, 1.82) is 0 Å². The van der Waals surface area contributed by atoms with E-state index in [1.54, 1.807) is 0 Å². The highest BCUT2D eigenvalue weighted by Crippen LogP contribution is 2.19. The van der Waals surface area contributed by atoms with Crippen LogP contribution in [0.2, 0.25) is 18.1 Å². The molecule has 0 fully saturated rings. The van der Waals surface area contributed by atoms with Gasteiger partial charge in [-0.3, -0.25) is 0 Å². The topological polar surface area (TPSA) is 12.0 Å². The van der Waals surface area contributed by atoms with Gasteiger partial charge in [0.2, 0.25) is 0 Å². The Kier molecular flexibility index (Phi) is 5.87. The van der Waals surface area contributed by atoms with Crippen LogP contribution in [0.4, 0.5) is 0 Å². The first-order chi connectivity index (χ1) is 5.24. The Hall–Kier alpha value is 0.177. The number of hydrogen-bond donors (Lipinski definition) is 1. The fraction of sp³-hybridized carbons (Fsp3) is 1.00. The van der Waals surface area contributed by atoms with E-state index in [1.807, 2.05) is 0 Å². The molecule has 11 heavy (non-hydrogen) atoms. The van der Waals surface area contributed by atoms with Crippen LogP contribution in [-0.4, -0.2) is 15.3 Å². The Labute approximate surface area is 72.7 Å². The lowest BCUT2D eigenvalue weighted by Crippen LogP contribution is -2.46. The monoisotopic (exact) mass is 173 g/mol. The third kappa shape index (κ3) is 3.39. The van der Waals surface area contributed by atoms with Gasteiger partial charge in [0.15, 0.2) is 0 Å². The van der Waals surface area contributed by atoms with Crippen LogP contribution in [-0.2, 0) is 0 Å². The van der Waals surface area contributed by atoms with Crippen molar-refractivity contribution in [3.05, 3.63) is 0 Å². The van der Waals surface area contributed by atoms with Gasteiger partial charge in [0.1, 0.15) is 8.24 Å². The molecule has 0 aromatic carbocycles. The Bertz CT molecular complexity index is 81.3. The van der Waals surface area contributed by atoms with E-state index < -0.39 is 8.24 Å². The van der Waals surface area contributed by atoms with E-state index in [-0.39, 0.29) is 0 Å². The van der Waals surface area contributed by atoms with Gasteiger partial charge in [0.05, 0.1) is 0 Å². The van der Waals surface area contributed by atoms with Crippen molar-refractivity contribution in [2.24, 2.45) is 0 Å². The van der Waals surface area contributed by atoms with Gasteiger partial charge >= 0.3 is 0 Å². The van der Waals surface area contributed by atoms with Crippen LogP contribution >= 0.6 is 0 Å². The maximum Gasteiger partial charge on any atom is 0.124 e. The molecule has 0 saturated carbocycles. The molecule has 0 unspecified atom stereocenters. The van der Waals surface area contributed by atoms with Crippen molar-refractivity contribution < 1.29 is 0 Å². The van der Waals surface area contributed by atoms with E-state index >= 15 is 0 Å². The van der Waals surface area contributed by atoms with E-state index in [9.17, 15) is 0 Å². The fourth-order valence-electron chi connectivity index (χ4n) is 1.60. The summed E-state index contributed by atoms with van der Waals surface area (Å²) in [5, 5.41) is 0. The summed E-state index contributed by atoms with van der Waals surface area (Å²) in [6.07, 6.45) is 2.76. The summed E-state index contributed by atoms with van der Waals surface area (Å²) in [6, 6.07) is 4.24. The average molecular weight is 173 g/mol. The first-order valence-corrected chi connectivity index (χ1v) is 7.55. The van der Waals surface area contributed by atoms with Gasteiger partial charge in [-0.05, 0) is 25.2 Å². The van der Waals surface area contributed by atoms with Gasteiger partial charge in [-0.1, -0.05) is 33.6 Å². The van der Waals surface area contributed by atoms with Crippen molar-refractivity contribution in [2.45, 2.75) is 51.7 Å². The van der Waals surface area contributed by atoms with Crippen LogP contribution in [0.25, 0.3) is 0 Å². The van der Waals surface area contributed by atoms with Gasteiger partial charge in [0, 0.05) is 0 Å². The average Bonchev–Trinajstić information content (AvgIpc) is 2.08. The summed E-state index contributed by atoms with van der Waals surface area (Å²) in [4.78, 5) is 3.59. The normalized spacial score (nSPS) is 12.0. The third-order valence-electron chi connectivity index (χ3n) is 2.89. The molecule has 0 bridgehead atoms. The minimum atomic E-state index is -0.988. The van der Waals surface area contributed by atoms with E-state index in [4.69, 9.17) is 0 Å². The lowest BCUT2D eigenvalue weighted by atomic mass is 10.4. The van der Waals surface area contributed by atoms with Crippen LogP contribution in [0.1, 0.15) is 33.6 Å². The van der Waals surface area contributed by atoms with Crippen molar-refractivity contribution in [1.82, 2.24) is 4.98 Å². The molecule has 2 heteroatoms. The zero-order valence-corrected chi connectivity index (χ0v) is 9.54. The molecule has 0 spiro atoms. The van der Waals surface area contributed by atoms with Crippen LogP contribution in [0.3, 0.4) is 0 Å². The molecule has 0 atom stereocenters. The second-order valence-corrected chi connectivity index (χ2v) is 8.32. The van der Waals surface area contributed by atoms with E-state index in [0.29, 0.717) is 0 Å². The molecule has 0 aliphatic heterocycles. The molecule has 0 radical (unpaired) electrons. The first-order valence-electron chi connectivity index (χ1n) is 4.93. The number of unbranched alkanes of at least 4 members (excludes halogenated alkanes) is 1. The van der Waals surface area contributed by atoms with Crippen molar-refractivity contribution in [3.8, 4) is 0 Å². The highest BCUT2D eigenvalue weighted by molar-refractivity contribution is 6.77. The van der Waals surface area contributed by atoms with Crippen molar-refractivity contribution >= 4 is 8.24 Å². The Balaban J connectivity index is 3.84. The molecule has 0 rings (SSSR count). The quantitative estimate of drug-likeness (QED) is 0.609. The summed E-state index contributed by atoms with van der Waals surface area (Å²) in [5.41, 5.74) is 0. The SMILES string of the molecule is CCCC[Si](CC)(CC)NC. The highest BCUT2D eigenvalue weighted by atomic mass is 28.3. The zero-order valence-electron chi connectivity index (χ0n) is 8.54. The first kappa shape index (κ1) is 11.2. The van der Waals surface area contributed by atoms with Crippen molar-refractivity contribution in [3.63, 3.8) is 0 Å². The minimum Gasteiger partial charge on any atom is -0.340 e. The predicted molar refractivity (Wildman–Crippen MR) is 55.5 cm³/mol. The number of rotatable bonds is 6. The summed E-state index contributed by atoms with van der Waals surface area (Å²) in [5.74, 6) is 0. The fourth-order valence-corrected chi connectivity index (χ4v) is 4.79. The molecule has 0 amide bonds. The Morgan fingerprint density at radius 3 is 1.91 bits per heavy atom. The maximum absolute atomic E-state index is 3.59. The number of nitrogens with one attached hydrogen (secondary N) is 1. The van der Waals surface area contributed by atoms with E-state index in [1.165, 1.54) is 31.0 Å². The smallest absolute Gasteiger partial charge is 0.124 e. The second-order valence-electron chi connectivity index (χ2n) is 3.34. The van der Waals surface area contributed by atoms with Crippen molar-refractivity contribution in [2.75, 3.05) is 7.05 Å². The summed E-state index contributed by atoms with van der Waals surface area (Å²) >= 11 is 0. The lowest BCUT2D eigenvalue weighted by molar-refractivity contribution is 0.839. The molecule has 1 N–H and O–H groups in total. The van der Waals surface area contributed by atoms with Gasteiger partial charge in [0.25, 0.3) is 0 Å². The molecular weight excluding hydrogens is 150 g/mol. The maximum atomic E-state index is 3.59. The van der Waals surface area contributed by atoms with Gasteiger partial charge in [-0.2, -0.15) is 0 Å².